The van der Waals surface area contributed by atoms with Crippen molar-refractivity contribution >= 4 is 15.8 Å². The van der Waals surface area contributed by atoms with E-state index >= 15 is 0 Å². The van der Waals surface area contributed by atoms with Crippen LogP contribution in [0.1, 0.15) is 46.4 Å². The second kappa shape index (κ2) is 4.76. The Bertz CT molecular complexity index is 677. The van der Waals surface area contributed by atoms with E-state index in [1.807, 2.05) is 0 Å². The normalized spacial score (nSPS) is 22.1. The van der Waals surface area contributed by atoms with Crippen LogP contribution in [0.3, 0.4) is 0 Å². The Labute approximate surface area is 109 Å². The fraction of sp³-hybridized carbons (Fsp3) is 0.545. The number of carbonyl (C=O) groups is 1. The van der Waals surface area contributed by atoms with Gasteiger partial charge in [-0.3, -0.25) is 4.79 Å². The maximum Gasteiger partial charge on any atom is 0.343 e. The molecule has 1 aromatic heterocycles. The number of aromatic carboxylic acids is 1. The first-order valence-electron chi connectivity index (χ1n) is 5.88. The molecule has 0 radical (unpaired) electrons. The van der Waals surface area contributed by atoms with Crippen molar-refractivity contribution in [1.82, 2.24) is 9.97 Å². The third-order valence-corrected chi connectivity index (χ3v) is 5.40. The Hall–Kier alpha value is -1.70. The van der Waals surface area contributed by atoms with Gasteiger partial charge in [-0.25, -0.2) is 18.2 Å². The Morgan fingerprint density at radius 1 is 1.42 bits per heavy atom. The molecule has 0 saturated carbocycles. The average molecular weight is 286 g/mol. The summed E-state index contributed by atoms with van der Waals surface area (Å²) in [5.74, 6) is -1.25. The number of carboxylic acids is 1. The Kier molecular flexibility index (Phi) is 3.44. The van der Waals surface area contributed by atoms with E-state index in [0.29, 0.717) is 12.8 Å². The monoisotopic (exact) mass is 286 g/mol. The quantitative estimate of drug-likeness (QED) is 0.813. The number of aromatic amines is 1. The highest BCUT2D eigenvalue weighted by Crippen LogP contribution is 2.30. The number of hydrogen-bond acceptors (Lipinski definition) is 5. The van der Waals surface area contributed by atoms with Crippen LogP contribution in [-0.2, 0) is 9.84 Å². The van der Waals surface area contributed by atoms with Crippen molar-refractivity contribution < 1.29 is 18.3 Å². The highest BCUT2D eigenvalue weighted by molar-refractivity contribution is 7.91. The zero-order valence-corrected chi connectivity index (χ0v) is 11.2. The van der Waals surface area contributed by atoms with Crippen molar-refractivity contribution in [2.75, 3.05) is 5.75 Å². The van der Waals surface area contributed by atoms with Gasteiger partial charge in [0.25, 0.3) is 5.56 Å². The molecule has 2 heterocycles. The maximum absolute atomic E-state index is 11.9. The molecule has 2 N–H and O–H groups in total. The summed E-state index contributed by atoms with van der Waals surface area (Å²) in [5, 5.41) is 8.03. The zero-order chi connectivity index (χ0) is 14.2. The third kappa shape index (κ3) is 2.53. The van der Waals surface area contributed by atoms with E-state index in [2.05, 4.69) is 9.97 Å². The second-order valence-electron chi connectivity index (χ2n) is 4.57. The van der Waals surface area contributed by atoms with Gasteiger partial charge in [0.1, 0.15) is 16.6 Å². The molecular weight excluding hydrogens is 272 g/mol. The molecule has 0 bridgehead atoms. The zero-order valence-electron chi connectivity index (χ0n) is 10.3. The Balaban J connectivity index is 2.53. The predicted molar refractivity (Wildman–Crippen MR) is 66.9 cm³/mol. The van der Waals surface area contributed by atoms with Gasteiger partial charge in [-0.1, -0.05) is 6.42 Å². The van der Waals surface area contributed by atoms with Crippen LogP contribution in [0.25, 0.3) is 0 Å². The van der Waals surface area contributed by atoms with Crippen LogP contribution >= 0.6 is 0 Å². The van der Waals surface area contributed by atoms with E-state index in [9.17, 15) is 18.0 Å². The van der Waals surface area contributed by atoms with E-state index < -0.39 is 32.2 Å². The lowest BCUT2D eigenvalue weighted by molar-refractivity contribution is 0.0693. The summed E-state index contributed by atoms with van der Waals surface area (Å²) in [5.41, 5.74) is -1.22. The van der Waals surface area contributed by atoms with Crippen LogP contribution in [0.15, 0.2) is 4.79 Å². The summed E-state index contributed by atoms with van der Waals surface area (Å²) in [6, 6.07) is 0. The molecule has 1 aromatic rings. The summed E-state index contributed by atoms with van der Waals surface area (Å²) in [6.07, 6.45) is 1.75. The fourth-order valence-electron chi connectivity index (χ4n) is 2.27. The standard InChI is InChI=1S/C11H14N2O5S/c1-6-8(11(15)16)10(14)13-9(12-6)7-4-2-3-5-19(7,17)18/h7H,2-5H2,1H3,(H,15,16)(H,12,13,14). The van der Waals surface area contributed by atoms with E-state index in [-0.39, 0.29) is 17.3 Å². The van der Waals surface area contributed by atoms with Crippen LogP contribution in [0.4, 0.5) is 0 Å². The molecule has 0 aliphatic carbocycles. The lowest BCUT2D eigenvalue weighted by atomic mass is 10.1. The van der Waals surface area contributed by atoms with E-state index in [0.717, 1.165) is 6.42 Å². The molecule has 0 aromatic carbocycles. The molecule has 104 valence electrons. The number of rotatable bonds is 2. The van der Waals surface area contributed by atoms with Crippen LogP contribution < -0.4 is 5.56 Å². The van der Waals surface area contributed by atoms with Gasteiger partial charge >= 0.3 is 5.97 Å². The number of aromatic nitrogens is 2. The minimum atomic E-state index is -3.32. The van der Waals surface area contributed by atoms with E-state index in [1.54, 1.807) is 0 Å². The smallest absolute Gasteiger partial charge is 0.343 e. The minimum absolute atomic E-state index is 0.0343. The average Bonchev–Trinajstić information content (AvgIpc) is 2.26. The first kappa shape index (κ1) is 13.7. The van der Waals surface area contributed by atoms with Crippen molar-refractivity contribution in [1.29, 1.82) is 0 Å². The minimum Gasteiger partial charge on any atom is -0.477 e. The number of H-pyrrole nitrogens is 1. The van der Waals surface area contributed by atoms with Gasteiger partial charge in [0.2, 0.25) is 0 Å². The van der Waals surface area contributed by atoms with Crippen molar-refractivity contribution in [2.45, 2.75) is 31.4 Å². The lowest BCUT2D eigenvalue weighted by Crippen LogP contribution is -2.29. The highest BCUT2D eigenvalue weighted by Gasteiger charge is 2.33. The third-order valence-electron chi connectivity index (χ3n) is 3.22. The summed E-state index contributed by atoms with van der Waals surface area (Å²) >= 11 is 0. The van der Waals surface area contributed by atoms with E-state index in [1.165, 1.54) is 6.92 Å². The van der Waals surface area contributed by atoms with Crippen molar-refractivity contribution in [3.05, 3.63) is 27.4 Å². The van der Waals surface area contributed by atoms with Crippen LogP contribution in [-0.4, -0.2) is 35.2 Å². The summed E-state index contributed by atoms with van der Waals surface area (Å²) in [6.45, 7) is 1.39. The van der Waals surface area contributed by atoms with E-state index in [4.69, 9.17) is 5.11 Å². The molecule has 1 aliphatic heterocycles. The lowest BCUT2D eigenvalue weighted by Gasteiger charge is -2.21. The molecule has 8 heteroatoms. The molecule has 1 aliphatic rings. The molecule has 1 unspecified atom stereocenters. The largest absolute Gasteiger partial charge is 0.477 e. The summed E-state index contributed by atoms with van der Waals surface area (Å²) < 4.78 is 23.9. The van der Waals surface area contributed by atoms with Gasteiger partial charge in [-0.15, -0.1) is 0 Å². The molecule has 1 atom stereocenters. The first-order valence-corrected chi connectivity index (χ1v) is 7.60. The van der Waals surface area contributed by atoms with Crippen LogP contribution in [0.2, 0.25) is 0 Å². The molecule has 2 rings (SSSR count). The van der Waals surface area contributed by atoms with Gasteiger partial charge in [0, 0.05) is 0 Å². The van der Waals surface area contributed by atoms with Crippen molar-refractivity contribution in [2.24, 2.45) is 0 Å². The van der Waals surface area contributed by atoms with Gasteiger partial charge in [0.15, 0.2) is 9.84 Å². The predicted octanol–water partition coefficient (Wildman–Crippen LogP) is 0.416. The van der Waals surface area contributed by atoms with Gasteiger partial charge in [-0.2, -0.15) is 0 Å². The molecule has 0 amide bonds. The van der Waals surface area contributed by atoms with Crippen molar-refractivity contribution in [3.8, 4) is 0 Å². The Morgan fingerprint density at radius 3 is 2.63 bits per heavy atom. The topological polar surface area (TPSA) is 117 Å². The number of nitrogens with one attached hydrogen (secondary N) is 1. The molecular formula is C11H14N2O5S. The number of hydrogen-bond donors (Lipinski definition) is 2. The van der Waals surface area contributed by atoms with Gasteiger partial charge in [0.05, 0.1) is 11.4 Å². The Morgan fingerprint density at radius 2 is 2.11 bits per heavy atom. The SMILES string of the molecule is Cc1nc(C2CCCCS2(=O)=O)[nH]c(=O)c1C(=O)O. The number of sulfone groups is 1. The number of nitrogens with zero attached hydrogens (tertiary/aromatic N) is 1. The van der Waals surface area contributed by atoms with Crippen LogP contribution in [0.5, 0.6) is 0 Å². The maximum atomic E-state index is 11.9. The fourth-order valence-corrected chi connectivity index (χ4v) is 4.14. The molecule has 7 nitrogen and oxygen atoms in total. The highest BCUT2D eigenvalue weighted by atomic mass is 32.2. The number of aryl methyl sites for hydroxylation is 1. The van der Waals surface area contributed by atoms with Gasteiger partial charge in [-0.05, 0) is 19.8 Å². The number of carboxylic acid groups (broad SMARTS) is 1. The van der Waals surface area contributed by atoms with Crippen molar-refractivity contribution in [3.63, 3.8) is 0 Å². The second-order valence-corrected chi connectivity index (χ2v) is 6.87. The molecule has 1 fully saturated rings. The first-order chi connectivity index (χ1) is 8.83. The van der Waals surface area contributed by atoms with Gasteiger partial charge < -0.3 is 10.1 Å². The molecule has 0 spiro atoms. The molecule has 1 saturated heterocycles. The summed E-state index contributed by atoms with van der Waals surface area (Å²) in [4.78, 5) is 28.8. The van der Waals surface area contributed by atoms with Crippen LogP contribution in [0, 0.1) is 6.92 Å². The molecule has 19 heavy (non-hydrogen) atoms. The summed E-state index contributed by atoms with van der Waals surface area (Å²) in [7, 11) is -3.32.